The molecule has 0 bridgehead atoms. The highest BCUT2D eigenvalue weighted by atomic mass is 32.2. The lowest BCUT2D eigenvalue weighted by molar-refractivity contribution is 0.288. The number of para-hydroxylation sites is 1. The molecule has 2 N–H and O–H groups in total. The summed E-state index contributed by atoms with van der Waals surface area (Å²) in [6.07, 6.45) is 0. The lowest BCUT2D eigenvalue weighted by atomic mass is 10.1. The van der Waals surface area contributed by atoms with Gasteiger partial charge in [0.2, 0.25) is 0 Å². The molecule has 148 valence electrons. The maximum atomic E-state index is 12.6. The number of nitrogens with one attached hydrogen (secondary N) is 2. The summed E-state index contributed by atoms with van der Waals surface area (Å²) in [5.41, 5.74) is 4.21. The van der Waals surface area contributed by atoms with Gasteiger partial charge in [0.05, 0.1) is 22.8 Å². The van der Waals surface area contributed by atoms with Gasteiger partial charge in [0.1, 0.15) is 0 Å². The van der Waals surface area contributed by atoms with Crippen molar-refractivity contribution in [2.45, 2.75) is 6.54 Å². The van der Waals surface area contributed by atoms with Crippen LogP contribution in [0.5, 0.6) is 0 Å². The SMILES string of the molecule is O=c1[nH]c2ccccc2cc1-c1cc2cc(CN3CCS(=O)(=O)CC3)ccc2[nH]1. The molecule has 2 aromatic heterocycles. The fourth-order valence-electron chi connectivity index (χ4n) is 3.94. The van der Waals surface area contributed by atoms with E-state index >= 15 is 0 Å². The molecule has 3 heterocycles. The van der Waals surface area contributed by atoms with Gasteiger partial charge in [-0.2, -0.15) is 0 Å². The molecule has 4 aromatic rings. The molecule has 1 aliphatic heterocycles. The van der Waals surface area contributed by atoms with Crippen LogP contribution in [0, 0.1) is 0 Å². The minimum absolute atomic E-state index is 0.120. The first-order valence-electron chi connectivity index (χ1n) is 9.64. The van der Waals surface area contributed by atoms with Gasteiger partial charge in [0.25, 0.3) is 5.56 Å². The normalized spacial score (nSPS) is 17.1. The third kappa shape index (κ3) is 3.59. The number of benzene rings is 2. The summed E-state index contributed by atoms with van der Waals surface area (Å²) >= 11 is 0. The van der Waals surface area contributed by atoms with Crippen LogP contribution in [0.25, 0.3) is 33.1 Å². The van der Waals surface area contributed by atoms with Crippen LogP contribution < -0.4 is 5.56 Å². The third-order valence-electron chi connectivity index (χ3n) is 5.57. The van der Waals surface area contributed by atoms with Gasteiger partial charge in [0, 0.05) is 36.1 Å². The molecule has 0 aliphatic carbocycles. The van der Waals surface area contributed by atoms with Crippen molar-refractivity contribution in [1.29, 1.82) is 0 Å². The van der Waals surface area contributed by atoms with Crippen LogP contribution in [-0.4, -0.2) is 47.9 Å². The summed E-state index contributed by atoms with van der Waals surface area (Å²) in [4.78, 5) is 21.0. The first-order valence-corrected chi connectivity index (χ1v) is 11.5. The van der Waals surface area contributed by atoms with Crippen LogP contribution in [0.1, 0.15) is 5.56 Å². The molecule has 2 aromatic carbocycles. The summed E-state index contributed by atoms with van der Waals surface area (Å²) in [7, 11) is -2.87. The Kier molecular flexibility index (Phi) is 4.29. The van der Waals surface area contributed by atoms with E-state index < -0.39 is 9.84 Å². The second-order valence-corrected chi connectivity index (χ2v) is 9.94. The first-order chi connectivity index (χ1) is 14.0. The van der Waals surface area contributed by atoms with E-state index in [-0.39, 0.29) is 17.1 Å². The summed E-state index contributed by atoms with van der Waals surface area (Å²) in [5.74, 6) is 0.461. The van der Waals surface area contributed by atoms with E-state index in [1.165, 1.54) is 0 Å². The lowest BCUT2D eigenvalue weighted by Gasteiger charge is -2.26. The number of aromatic nitrogens is 2. The van der Waals surface area contributed by atoms with Crippen LogP contribution in [0.3, 0.4) is 0 Å². The highest BCUT2D eigenvalue weighted by Crippen LogP contribution is 2.25. The zero-order valence-electron chi connectivity index (χ0n) is 15.8. The molecular weight excluding hydrogens is 386 g/mol. The fraction of sp³-hybridized carbons (Fsp3) is 0.227. The van der Waals surface area contributed by atoms with E-state index in [9.17, 15) is 13.2 Å². The van der Waals surface area contributed by atoms with Crippen molar-refractivity contribution in [2.75, 3.05) is 24.6 Å². The number of H-pyrrole nitrogens is 2. The van der Waals surface area contributed by atoms with E-state index in [0.717, 1.165) is 39.6 Å². The average molecular weight is 407 g/mol. The topological polar surface area (TPSA) is 86.0 Å². The summed E-state index contributed by atoms with van der Waals surface area (Å²) in [6, 6.07) is 17.8. The molecule has 0 amide bonds. The monoisotopic (exact) mass is 407 g/mol. The van der Waals surface area contributed by atoms with E-state index in [2.05, 4.69) is 27.0 Å². The maximum absolute atomic E-state index is 12.6. The highest BCUT2D eigenvalue weighted by molar-refractivity contribution is 7.91. The van der Waals surface area contributed by atoms with Crippen molar-refractivity contribution in [1.82, 2.24) is 14.9 Å². The molecule has 5 rings (SSSR count). The molecule has 0 unspecified atom stereocenters. The van der Waals surface area contributed by atoms with Crippen molar-refractivity contribution >= 4 is 31.6 Å². The molecule has 7 heteroatoms. The number of aromatic amines is 2. The maximum Gasteiger partial charge on any atom is 0.257 e. The van der Waals surface area contributed by atoms with Crippen molar-refractivity contribution in [3.8, 4) is 11.3 Å². The van der Waals surface area contributed by atoms with Crippen molar-refractivity contribution in [2.24, 2.45) is 0 Å². The average Bonchev–Trinajstić information content (AvgIpc) is 3.12. The molecule has 29 heavy (non-hydrogen) atoms. The Hall–Kier alpha value is -2.90. The van der Waals surface area contributed by atoms with E-state index in [1.807, 2.05) is 42.5 Å². The second-order valence-electron chi connectivity index (χ2n) is 7.63. The Morgan fingerprint density at radius 1 is 0.862 bits per heavy atom. The fourth-order valence-corrected chi connectivity index (χ4v) is 5.22. The lowest BCUT2D eigenvalue weighted by Crippen LogP contribution is -2.39. The highest BCUT2D eigenvalue weighted by Gasteiger charge is 2.21. The van der Waals surface area contributed by atoms with Crippen LogP contribution in [-0.2, 0) is 16.4 Å². The van der Waals surface area contributed by atoms with Crippen LogP contribution in [0.15, 0.2) is 59.4 Å². The van der Waals surface area contributed by atoms with Gasteiger partial charge in [-0.1, -0.05) is 24.3 Å². The molecule has 0 spiro atoms. The summed E-state index contributed by atoms with van der Waals surface area (Å²) in [5, 5.41) is 2.02. The van der Waals surface area contributed by atoms with E-state index in [4.69, 9.17) is 0 Å². The van der Waals surface area contributed by atoms with Gasteiger partial charge in [-0.15, -0.1) is 0 Å². The molecule has 0 saturated carbocycles. The Labute approximate surface area is 168 Å². The Morgan fingerprint density at radius 2 is 1.62 bits per heavy atom. The molecule has 1 aliphatic rings. The zero-order valence-corrected chi connectivity index (χ0v) is 16.6. The first kappa shape index (κ1) is 18.1. The second kappa shape index (κ2) is 6.86. The Morgan fingerprint density at radius 3 is 2.45 bits per heavy atom. The number of sulfone groups is 1. The number of rotatable bonds is 3. The predicted octanol–water partition coefficient (Wildman–Crippen LogP) is 2.91. The number of hydrogen-bond acceptors (Lipinski definition) is 4. The predicted molar refractivity (Wildman–Crippen MR) is 116 cm³/mol. The minimum atomic E-state index is -2.87. The molecule has 1 fully saturated rings. The number of fused-ring (bicyclic) bond motifs is 2. The van der Waals surface area contributed by atoms with Gasteiger partial charge in [0.15, 0.2) is 9.84 Å². The van der Waals surface area contributed by atoms with Crippen LogP contribution in [0.4, 0.5) is 0 Å². The van der Waals surface area contributed by atoms with Gasteiger partial charge in [-0.3, -0.25) is 9.69 Å². The number of pyridine rings is 1. The molecule has 0 atom stereocenters. The van der Waals surface area contributed by atoms with Gasteiger partial charge >= 0.3 is 0 Å². The Balaban J connectivity index is 1.45. The number of nitrogens with zero attached hydrogens (tertiary/aromatic N) is 1. The summed E-state index contributed by atoms with van der Waals surface area (Å²) < 4.78 is 23.2. The van der Waals surface area contributed by atoms with Crippen molar-refractivity contribution in [3.05, 3.63) is 70.5 Å². The van der Waals surface area contributed by atoms with Crippen LogP contribution >= 0.6 is 0 Å². The van der Waals surface area contributed by atoms with Gasteiger partial charge in [-0.25, -0.2) is 8.42 Å². The zero-order chi connectivity index (χ0) is 20.0. The third-order valence-corrected chi connectivity index (χ3v) is 7.18. The van der Waals surface area contributed by atoms with Crippen LogP contribution in [0.2, 0.25) is 0 Å². The standard InChI is InChI=1S/C22H21N3O3S/c26-22-18(12-16-3-1-2-4-19(16)24-22)21-13-17-11-15(5-6-20(17)23-21)14-25-7-9-29(27,28)10-8-25/h1-6,11-13,23H,7-10,14H2,(H,24,26). The Bertz CT molecular complexity index is 1370. The number of hydrogen-bond donors (Lipinski definition) is 2. The minimum Gasteiger partial charge on any atom is -0.354 e. The molecule has 6 nitrogen and oxygen atoms in total. The molecular formula is C22H21N3O3S. The largest absolute Gasteiger partial charge is 0.354 e. The van der Waals surface area contributed by atoms with Gasteiger partial charge in [-0.05, 0) is 41.3 Å². The smallest absolute Gasteiger partial charge is 0.257 e. The van der Waals surface area contributed by atoms with E-state index in [0.29, 0.717) is 18.7 Å². The van der Waals surface area contributed by atoms with E-state index in [1.54, 1.807) is 0 Å². The van der Waals surface area contributed by atoms with Gasteiger partial charge < -0.3 is 9.97 Å². The van der Waals surface area contributed by atoms with Crippen molar-refractivity contribution in [3.63, 3.8) is 0 Å². The van der Waals surface area contributed by atoms with Crippen molar-refractivity contribution < 1.29 is 8.42 Å². The summed E-state index contributed by atoms with van der Waals surface area (Å²) in [6.45, 7) is 1.87. The quantitative estimate of drug-likeness (QED) is 0.547. The molecule has 0 radical (unpaired) electrons. The molecule has 1 saturated heterocycles.